The van der Waals surface area contributed by atoms with Gasteiger partial charge in [-0.2, -0.15) is 0 Å². The molecule has 0 bridgehead atoms. The van der Waals surface area contributed by atoms with Crippen LogP contribution < -0.4 is 5.32 Å². The first-order valence-electron chi connectivity index (χ1n) is 5.06. The molecular weight excluding hydrogens is 272 g/mol. The van der Waals surface area contributed by atoms with Crippen molar-refractivity contribution in [2.75, 3.05) is 5.33 Å². The standard InChI is InChI=1S/C11H15BrN2O2/c1-7(5-12)8(2)14-11(16)9-3-4-13-6-10(9)15/h3-4,6-8,15H,5H2,1-2H3,(H,14,16). The smallest absolute Gasteiger partial charge is 0.255 e. The molecule has 88 valence electrons. The van der Waals surface area contributed by atoms with Gasteiger partial charge in [0.05, 0.1) is 11.8 Å². The monoisotopic (exact) mass is 286 g/mol. The van der Waals surface area contributed by atoms with E-state index in [2.05, 4.69) is 26.2 Å². The third kappa shape index (κ3) is 3.20. The molecule has 1 rings (SSSR count). The zero-order valence-corrected chi connectivity index (χ0v) is 10.9. The van der Waals surface area contributed by atoms with Gasteiger partial charge in [-0.1, -0.05) is 22.9 Å². The summed E-state index contributed by atoms with van der Waals surface area (Å²) in [7, 11) is 0. The predicted octanol–water partition coefficient (Wildman–Crippen LogP) is 1.94. The van der Waals surface area contributed by atoms with Crippen LogP contribution >= 0.6 is 15.9 Å². The first kappa shape index (κ1) is 13.0. The molecule has 0 spiro atoms. The van der Waals surface area contributed by atoms with Gasteiger partial charge in [0.2, 0.25) is 0 Å². The summed E-state index contributed by atoms with van der Waals surface area (Å²) in [6.45, 7) is 3.97. The molecule has 0 radical (unpaired) electrons. The summed E-state index contributed by atoms with van der Waals surface area (Å²) in [5, 5.41) is 13.1. The number of amides is 1. The van der Waals surface area contributed by atoms with E-state index < -0.39 is 0 Å². The van der Waals surface area contributed by atoms with E-state index in [-0.39, 0.29) is 23.3 Å². The Bertz CT molecular complexity index is 371. The fourth-order valence-electron chi connectivity index (χ4n) is 1.14. The molecule has 1 heterocycles. The van der Waals surface area contributed by atoms with Crippen LogP contribution in [0.4, 0.5) is 0 Å². The van der Waals surface area contributed by atoms with E-state index in [1.165, 1.54) is 18.5 Å². The number of carbonyl (C=O) groups excluding carboxylic acids is 1. The molecule has 1 aromatic heterocycles. The molecule has 0 aliphatic carbocycles. The number of nitrogens with one attached hydrogen (secondary N) is 1. The highest BCUT2D eigenvalue weighted by molar-refractivity contribution is 9.09. The van der Waals surface area contributed by atoms with Crippen molar-refractivity contribution in [3.63, 3.8) is 0 Å². The number of pyridine rings is 1. The second kappa shape index (κ2) is 5.84. The largest absolute Gasteiger partial charge is 0.505 e. The highest BCUT2D eigenvalue weighted by Crippen LogP contribution is 2.14. The minimum atomic E-state index is -0.278. The Morgan fingerprint density at radius 2 is 2.31 bits per heavy atom. The Labute approximate surface area is 103 Å². The molecule has 2 atom stereocenters. The second-order valence-corrected chi connectivity index (χ2v) is 4.43. The van der Waals surface area contributed by atoms with Gasteiger partial charge in [0, 0.05) is 17.6 Å². The van der Waals surface area contributed by atoms with Gasteiger partial charge >= 0.3 is 0 Å². The van der Waals surface area contributed by atoms with E-state index in [0.29, 0.717) is 5.92 Å². The lowest BCUT2D eigenvalue weighted by Crippen LogP contribution is -2.37. The summed E-state index contributed by atoms with van der Waals surface area (Å²) < 4.78 is 0. The average molecular weight is 287 g/mol. The summed E-state index contributed by atoms with van der Waals surface area (Å²) in [6.07, 6.45) is 2.74. The number of aromatic nitrogens is 1. The van der Waals surface area contributed by atoms with Crippen LogP contribution in [0.5, 0.6) is 5.75 Å². The lowest BCUT2D eigenvalue weighted by molar-refractivity contribution is 0.0928. The van der Waals surface area contributed by atoms with Crippen LogP contribution in [-0.4, -0.2) is 27.4 Å². The normalized spacial score (nSPS) is 14.2. The highest BCUT2D eigenvalue weighted by atomic mass is 79.9. The maximum atomic E-state index is 11.8. The van der Waals surface area contributed by atoms with Crippen molar-refractivity contribution >= 4 is 21.8 Å². The molecule has 5 heteroatoms. The summed E-state index contributed by atoms with van der Waals surface area (Å²) in [6, 6.07) is 1.54. The molecule has 0 fully saturated rings. The first-order valence-corrected chi connectivity index (χ1v) is 6.18. The predicted molar refractivity (Wildman–Crippen MR) is 65.8 cm³/mol. The summed E-state index contributed by atoms with van der Waals surface area (Å²) in [5.74, 6) is -0.0492. The van der Waals surface area contributed by atoms with E-state index in [0.717, 1.165) is 5.33 Å². The van der Waals surface area contributed by atoms with Crippen molar-refractivity contribution in [1.82, 2.24) is 10.3 Å². The first-order chi connectivity index (χ1) is 7.56. The molecule has 1 aromatic rings. The minimum Gasteiger partial charge on any atom is -0.505 e. The zero-order chi connectivity index (χ0) is 12.1. The van der Waals surface area contributed by atoms with Gasteiger partial charge < -0.3 is 10.4 Å². The van der Waals surface area contributed by atoms with Crippen molar-refractivity contribution in [1.29, 1.82) is 0 Å². The van der Waals surface area contributed by atoms with Crippen LogP contribution in [0.3, 0.4) is 0 Å². The number of hydrogen-bond donors (Lipinski definition) is 2. The quantitative estimate of drug-likeness (QED) is 0.832. The van der Waals surface area contributed by atoms with E-state index in [4.69, 9.17) is 0 Å². The van der Waals surface area contributed by atoms with Gasteiger partial charge in [0.1, 0.15) is 5.75 Å². The van der Waals surface area contributed by atoms with Crippen molar-refractivity contribution in [3.8, 4) is 5.75 Å². The molecule has 0 aliphatic rings. The Morgan fingerprint density at radius 1 is 1.62 bits per heavy atom. The fraction of sp³-hybridized carbons (Fsp3) is 0.455. The number of rotatable bonds is 4. The topological polar surface area (TPSA) is 62.2 Å². The molecule has 0 saturated carbocycles. The number of nitrogens with zero attached hydrogens (tertiary/aromatic N) is 1. The van der Waals surface area contributed by atoms with Gasteiger partial charge in [0.25, 0.3) is 5.91 Å². The fourth-order valence-corrected chi connectivity index (χ4v) is 1.70. The van der Waals surface area contributed by atoms with Gasteiger partial charge in [-0.25, -0.2) is 0 Å². The second-order valence-electron chi connectivity index (χ2n) is 3.79. The summed E-state index contributed by atoms with van der Waals surface area (Å²) >= 11 is 3.37. The SMILES string of the molecule is CC(CBr)C(C)NC(=O)c1ccncc1O. The van der Waals surface area contributed by atoms with Crippen LogP contribution in [0, 0.1) is 5.92 Å². The van der Waals surface area contributed by atoms with E-state index in [1.807, 2.05) is 13.8 Å². The van der Waals surface area contributed by atoms with Crippen LogP contribution in [0.1, 0.15) is 24.2 Å². The summed E-state index contributed by atoms with van der Waals surface area (Å²) in [5.41, 5.74) is 0.253. The Morgan fingerprint density at radius 3 is 2.88 bits per heavy atom. The van der Waals surface area contributed by atoms with Crippen molar-refractivity contribution in [2.45, 2.75) is 19.9 Å². The van der Waals surface area contributed by atoms with E-state index in [9.17, 15) is 9.90 Å². The van der Waals surface area contributed by atoms with Crippen molar-refractivity contribution in [2.24, 2.45) is 5.92 Å². The number of hydrogen-bond acceptors (Lipinski definition) is 3. The zero-order valence-electron chi connectivity index (χ0n) is 9.27. The maximum Gasteiger partial charge on any atom is 0.255 e. The Kier molecular flexibility index (Phi) is 4.73. The molecule has 2 N–H and O–H groups in total. The molecule has 4 nitrogen and oxygen atoms in total. The van der Waals surface area contributed by atoms with Gasteiger partial charge in [-0.15, -0.1) is 0 Å². The third-order valence-corrected chi connectivity index (χ3v) is 3.52. The molecule has 0 aliphatic heterocycles. The molecular formula is C11H15BrN2O2. The number of halogens is 1. The Hall–Kier alpha value is -1.10. The van der Waals surface area contributed by atoms with Crippen molar-refractivity contribution < 1.29 is 9.90 Å². The molecule has 0 aromatic carbocycles. The lowest BCUT2D eigenvalue weighted by Gasteiger charge is -2.19. The van der Waals surface area contributed by atoms with Crippen LogP contribution in [0.2, 0.25) is 0 Å². The molecule has 2 unspecified atom stereocenters. The molecule has 0 saturated heterocycles. The van der Waals surface area contributed by atoms with Gasteiger partial charge in [0.15, 0.2) is 0 Å². The van der Waals surface area contributed by atoms with E-state index >= 15 is 0 Å². The van der Waals surface area contributed by atoms with Crippen molar-refractivity contribution in [3.05, 3.63) is 24.0 Å². The maximum absolute atomic E-state index is 11.8. The van der Waals surface area contributed by atoms with Crippen LogP contribution in [0.25, 0.3) is 0 Å². The van der Waals surface area contributed by atoms with E-state index in [1.54, 1.807) is 0 Å². The molecule has 1 amide bonds. The summed E-state index contributed by atoms with van der Waals surface area (Å²) in [4.78, 5) is 15.5. The highest BCUT2D eigenvalue weighted by Gasteiger charge is 2.16. The van der Waals surface area contributed by atoms with Gasteiger partial charge in [-0.05, 0) is 18.9 Å². The number of carbonyl (C=O) groups is 1. The Balaban J connectivity index is 2.70. The number of aromatic hydroxyl groups is 1. The minimum absolute atomic E-state index is 0.0411. The number of alkyl halides is 1. The molecule has 16 heavy (non-hydrogen) atoms. The van der Waals surface area contributed by atoms with Crippen LogP contribution in [-0.2, 0) is 0 Å². The third-order valence-electron chi connectivity index (χ3n) is 2.50. The average Bonchev–Trinajstić information content (AvgIpc) is 2.28. The lowest BCUT2D eigenvalue weighted by atomic mass is 10.1. The van der Waals surface area contributed by atoms with Crippen LogP contribution in [0.15, 0.2) is 18.5 Å². The van der Waals surface area contributed by atoms with Gasteiger partial charge in [-0.3, -0.25) is 9.78 Å².